The van der Waals surface area contributed by atoms with Gasteiger partial charge < -0.3 is 20.3 Å². The van der Waals surface area contributed by atoms with Crippen LogP contribution in [0.4, 0.5) is 13.2 Å². The predicted molar refractivity (Wildman–Crippen MR) is 103 cm³/mol. The Morgan fingerprint density at radius 1 is 1.18 bits per heavy atom. The number of benzene rings is 1. The second-order valence-electron chi connectivity index (χ2n) is 5.99. The Morgan fingerprint density at radius 3 is 2.50 bits per heavy atom. The molecule has 0 aromatic heterocycles. The number of aliphatic imine (C=N–C) groups is 1. The van der Waals surface area contributed by atoms with Crippen molar-refractivity contribution in [2.75, 3.05) is 32.8 Å². The van der Waals surface area contributed by atoms with Crippen LogP contribution in [0.15, 0.2) is 29.3 Å². The van der Waals surface area contributed by atoms with Crippen molar-refractivity contribution in [1.29, 1.82) is 0 Å². The van der Waals surface area contributed by atoms with E-state index in [1.807, 2.05) is 20.8 Å². The molecule has 0 aliphatic rings. The van der Waals surface area contributed by atoms with Gasteiger partial charge in [-0.2, -0.15) is 13.2 Å². The fraction of sp³-hybridized carbons (Fsp3) is 0.579. The molecule has 1 aromatic rings. The molecule has 0 spiro atoms. The topological polar surface area (TPSA) is 66.0 Å². The van der Waals surface area contributed by atoms with Gasteiger partial charge in [-0.05, 0) is 38.5 Å². The minimum Gasteiger partial charge on any atom is -0.484 e. The van der Waals surface area contributed by atoms with Crippen molar-refractivity contribution >= 4 is 11.9 Å². The number of hydrogen-bond donors (Lipinski definition) is 2. The van der Waals surface area contributed by atoms with Gasteiger partial charge in [0.1, 0.15) is 5.75 Å². The second-order valence-corrected chi connectivity index (χ2v) is 5.99. The quantitative estimate of drug-likeness (QED) is 0.467. The molecule has 1 amide bonds. The molecule has 0 saturated carbocycles. The maximum atomic E-state index is 12.3. The summed E-state index contributed by atoms with van der Waals surface area (Å²) in [4.78, 5) is 18.2. The van der Waals surface area contributed by atoms with Crippen LogP contribution >= 0.6 is 0 Å². The number of nitrogens with zero attached hydrogens (tertiary/aromatic N) is 2. The van der Waals surface area contributed by atoms with Gasteiger partial charge in [-0.3, -0.25) is 4.79 Å². The van der Waals surface area contributed by atoms with Crippen LogP contribution in [0.1, 0.15) is 32.8 Å². The molecular weight excluding hydrogens is 373 g/mol. The highest BCUT2D eigenvalue weighted by atomic mass is 19.4. The first-order valence-electron chi connectivity index (χ1n) is 9.37. The number of nitrogens with one attached hydrogen (secondary N) is 2. The van der Waals surface area contributed by atoms with E-state index in [1.165, 1.54) is 12.1 Å². The van der Waals surface area contributed by atoms with Crippen molar-refractivity contribution in [2.45, 2.75) is 39.9 Å². The first-order valence-corrected chi connectivity index (χ1v) is 9.37. The van der Waals surface area contributed by atoms with Crippen LogP contribution in [0.3, 0.4) is 0 Å². The fourth-order valence-corrected chi connectivity index (χ4v) is 2.43. The molecule has 0 aliphatic heterocycles. The van der Waals surface area contributed by atoms with E-state index in [0.717, 1.165) is 5.56 Å². The fourth-order valence-electron chi connectivity index (χ4n) is 2.43. The third-order valence-electron chi connectivity index (χ3n) is 3.81. The maximum Gasteiger partial charge on any atom is 0.422 e. The minimum atomic E-state index is -4.38. The van der Waals surface area contributed by atoms with Crippen LogP contribution in [0.5, 0.6) is 5.75 Å². The average Bonchev–Trinajstić information content (AvgIpc) is 2.65. The number of hydrogen-bond acceptors (Lipinski definition) is 3. The Labute approximate surface area is 164 Å². The van der Waals surface area contributed by atoms with Crippen LogP contribution in [0.25, 0.3) is 0 Å². The highest BCUT2D eigenvalue weighted by molar-refractivity contribution is 5.81. The molecule has 2 N–H and O–H groups in total. The minimum absolute atomic E-state index is 0.0721. The Bertz CT molecular complexity index is 632. The molecular formula is C19H29F3N4O2. The van der Waals surface area contributed by atoms with Crippen molar-refractivity contribution in [1.82, 2.24) is 15.5 Å². The summed E-state index contributed by atoms with van der Waals surface area (Å²) in [5.74, 6) is 0.757. The third-order valence-corrected chi connectivity index (χ3v) is 3.81. The van der Waals surface area contributed by atoms with Crippen molar-refractivity contribution in [3.05, 3.63) is 29.8 Å². The van der Waals surface area contributed by atoms with Gasteiger partial charge in [0.15, 0.2) is 12.6 Å². The van der Waals surface area contributed by atoms with Gasteiger partial charge in [-0.15, -0.1) is 0 Å². The van der Waals surface area contributed by atoms with E-state index >= 15 is 0 Å². The Hall–Kier alpha value is -2.45. The van der Waals surface area contributed by atoms with Crippen LogP contribution in [-0.4, -0.2) is 55.7 Å². The molecule has 1 aromatic carbocycles. The smallest absolute Gasteiger partial charge is 0.422 e. The summed E-state index contributed by atoms with van der Waals surface area (Å²) in [7, 11) is 0. The molecule has 1 rings (SSSR count). The van der Waals surface area contributed by atoms with Gasteiger partial charge in [-0.1, -0.05) is 12.1 Å². The second kappa shape index (κ2) is 12.1. The number of rotatable bonds is 10. The maximum absolute atomic E-state index is 12.3. The highest BCUT2D eigenvalue weighted by Crippen LogP contribution is 2.19. The summed E-state index contributed by atoms with van der Waals surface area (Å²) >= 11 is 0. The lowest BCUT2D eigenvalue weighted by Gasteiger charge is -2.19. The van der Waals surface area contributed by atoms with Gasteiger partial charge in [0.2, 0.25) is 5.91 Å². The SMILES string of the molecule is CCNC(=NCc1cccc(OCC(F)(F)F)c1)NCCC(=O)N(CC)CC. The zero-order valence-electron chi connectivity index (χ0n) is 16.6. The highest BCUT2D eigenvalue weighted by Gasteiger charge is 2.28. The number of halogens is 3. The van der Waals surface area contributed by atoms with E-state index in [4.69, 9.17) is 4.74 Å². The lowest BCUT2D eigenvalue weighted by Crippen LogP contribution is -2.40. The Balaban J connectivity index is 2.60. The lowest BCUT2D eigenvalue weighted by atomic mass is 10.2. The van der Waals surface area contributed by atoms with Crippen molar-refractivity contribution in [3.63, 3.8) is 0 Å². The van der Waals surface area contributed by atoms with Gasteiger partial charge in [0, 0.05) is 32.6 Å². The third kappa shape index (κ3) is 9.48. The number of ether oxygens (including phenoxy) is 1. The molecule has 0 aliphatic carbocycles. The summed E-state index contributed by atoms with van der Waals surface area (Å²) in [6, 6.07) is 6.39. The zero-order chi connectivity index (χ0) is 21.0. The van der Waals surface area contributed by atoms with Crippen molar-refractivity contribution in [3.8, 4) is 5.75 Å². The number of carbonyl (C=O) groups is 1. The summed E-state index contributed by atoms with van der Waals surface area (Å²) in [5.41, 5.74) is 0.719. The summed E-state index contributed by atoms with van der Waals surface area (Å²) in [6.45, 7) is 7.17. The molecule has 0 saturated heterocycles. The number of amides is 1. The molecule has 0 heterocycles. The van der Waals surface area contributed by atoms with Gasteiger partial charge in [-0.25, -0.2) is 4.99 Å². The van der Waals surface area contributed by atoms with Crippen LogP contribution in [0, 0.1) is 0 Å². The monoisotopic (exact) mass is 402 g/mol. The largest absolute Gasteiger partial charge is 0.484 e. The van der Waals surface area contributed by atoms with E-state index in [1.54, 1.807) is 17.0 Å². The lowest BCUT2D eigenvalue weighted by molar-refractivity contribution is -0.153. The molecule has 0 fully saturated rings. The van der Waals surface area contributed by atoms with E-state index in [0.29, 0.717) is 38.6 Å². The van der Waals surface area contributed by atoms with Crippen molar-refractivity contribution < 1.29 is 22.7 Å². The van der Waals surface area contributed by atoms with Gasteiger partial charge in [0.25, 0.3) is 0 Å². The molecule has 158 valence electrons. The molecule has 0 bridgehead atoms. The van der Waals surface area contributed by atoms with Crippen molar-refractivity contribution in [2.24, 2.45) is 4.99 Å². The van der Waals surface area contributed by atoms with Crippen LogP contribution in [0.2, 0.25) is 0 Å². The molecule has 0 radical (unpaired) electrons. The van der Waals surface area contributed by atoms with E-state index in [9.17, 15) is 18.0 Å². The molecule has 6 nitrogen and oxygen atoms in total. The molecule has 28 heavy (non-hydrogen) atoms. The van der Waals surface area contributed by atoms with E-state index < -0.39 is 12.8 Å². The Kier molecular flexibility index (Phi) is 10.2. The first-order chi connectivity index (χ1) is 13.3. The number of alkyl halides is 3. The number of carbonyl (C=O) groups excluding carboxylic acids is 1. The molecule has 0 unspecified atom stereocenters. The average molecular weight is 402 g/mol. The Morgan fingerprint density at radius 2 is 1.89 bits per heavy atom. The van der Waals surface area contributed by atoms with Crippen LogP contribution in [-0.2, 0) is 11.3 Å². The number of guanidine groups is 1. The van der Waals surface area contributed by atoms with Gasteiger partial charge >= 0.3 is 6.18 Å². The van der Waals surface area contributed by atoms with Gasteiger partial charge in [0.05, 0.1) is 6.54 Å². The molecule has 9 heteroatoms. The van der Waals surface area contributed by atoms with E-state index in [2.05, 4.69) is 15.6 Å². The first kappa shape index (κ1) is 23.6. The normalized spacial score (nSPS) is 11.9. The predicted octanol–water partition coefficient (Wildman–Crippen LogP) is 2.94. The zero-order valence-corrected chi connectivity index (χ0v) is 16.6. The molecule has 0 atom stereocenters. The standard InChI is InChI=1S/C19H29F3N4O2/c1-4-23-18(24-11-10-17(27)26(5-2)6-3)25-13-15-8-7-9-16(12-15)28-14-19(20,21)22/h7-9,12H,4-6,10-11,13-14H2,1-3H3,(H2,23,24,25). The summed E-state index contributed by atoms with van der Waals surface area (Å²) in [5, 5.41) is 6.17. The summed E-state index contributed by atoms with van der Waals surface area (Å²) in [6.07, 6.45) is -4.02. The van der Waals surface area contributed by atoms with E-state index in [-0.39, 0.29) is 18.2 Å². The van der Waals surface area contributed by atoms with Crippen LogP contribution < -0.4 is 15.4 Å². The summed E-state index contributed by atoms with van der Waals surface area (Å²) < 4.78 is 41.5.